The molecule has 0 spiro atoms. The highest BCUT2D eigenvalue weighted by molar-refractivity contribution is 7.92. The van der Waals surface area contributed by atoms with Crippen molar-refractivity contribution < 1.29 is 8.42 Å². The molecule has 0 bridgehead atoms. The number of aryl methyl sites for hydroxylation is 1. The molecule has 0 aromatic heterocycles. The van der Waals surface area contributed by atoms with Gasteiger partial charge in [0.25, 0.3) is 10.0 Å². The first-order valence-electron chi connectivity index (χ1n) is 5.86. The van der Waals surface area contributed by atoms with Crippen molar-refractivity contribution in [1.82, 2.24) is 0 Å². The lowest BCUT2D eigenvalue weighted by molar-refractivity contribution is 0.601. The van der Waals surface area contributed by atoms with Gasteiger partial charge in [-0.25, -0.2) is 8.42 Å². The first-order valence-corrected chi connectivity index (χ1v) is 8.26. The predicted octanol–water partition coefficient (Wildman–Crippen LogP) is 4.19. The second-order valence-corrected chi connectivity index (χ2v) is 6.74. The molecule has 3 nitrogen and oxygen atoms in total. The summed E-state index contributed by atoms with van der Waals surface area (Å²) in [6.45, 7) is 1.90. The van der Waals surface area contributed by atoms with Crippen LogP contribution in [0.1, 0.15) is 11.1 Å². The zero-order valence-corrected chi connectivity index (χ0v) is 13.1. The highest BCUT2D eigenvalue weighted by atomic mass is 35.5. The summed E-state index contributed by atoms with van der Waals surface area (Å²) in [5, 5.41) is 0.445. The molecule has 0 heterocycles. The van der Waals surface area contributed by atoms with Crippen LogP contribution in [0.5, 0.6) is 0 Å². The monoisotopic (exact) mass is 329 g/mol. The van der Waals surface area contributed by atoms with Crippen molar-refractivity contribution in [2.24, 2.45) is 0 Å². The van der Waals surface area contributed by atoms with E-state index >= 15 is 0 Å². The Morgan fingerprint density at radius 3 is 2.35 bits per heavy atom. The van der Waals surface area contributed by atoms with Crippen molar-refractivity contribution in [3.05, 3.63) is 58.6 Å². The molecule has 1 N–H and O–H groups in total. The van der Waals surface area contributed by atoms with Crippen LogP contribution in [-0.2, 0) is 15.9 Å². The number of alkyl halides is 1. The molecule has 2 aromatic rings. The molecular formula is C14H13Cl2NO2S. The van der Waals surface area contributed by atoms with Gasteiger partial charge in [-0.3, -0.25) is 4.72 Å². The minimum absolute atomic E-state index is 0.197. The fourth-order valence-corrected chi connectivity index (χ4v) is 3.18. The van der Waals surface area contributed by atoms with Gasteiger partial charge in [0.15, 0.2) is 0 Å². The second kappa shape index (κ2) is 6.04. The lowest BCUT2D eigenvalue weighted by Crippen LogP contribution is -2.14. The molecule has 0 fully saturated rings. The van der Waals surface area contributed by atoms with Crippen LogP contribution in [-0.4, -0.2) is 8.42 Å². The summed E-state index contributed by atoms with van der Waals surface area (Å²) in [6.07, 6.45) is 0. The highest BCUT2D eigenvalue weighted by Gasteiger charge is 2.15. The van der Waals surface area contributed by atoms with E-state index in [1.54, 1.807) is 42.5 Å². The maximum Gasteiger partial charge on any atom is 0.261 e. The third-order valence-corrected chi connectivity index (χ3v) is 4.70. The molecule has 0 aliphatic heterocycles. The van der Waals surface area contributed by atoms with Crippen LogP contribution < -0.4 is 4.72 Å². The number of nitrogens with one attached hydrogen (secondary N) is 1. The van der Waals surface area contributed by atoms with Gasteiger partial charge in [0.2, 0.25) is 0 Å². The van der Waals surface area contributed by atoms with Gasteiger partial charge in [0, 0.05) is 10.9 Å². The molecule has 0 radical (unpaired) electrons. The van der Waals surface area contributed by atoms with Crippen LogP contribution in [0.15, 0.2) is 47.4 Å². The normalized spacial score (nSPS) is 11.3. The minimum atomic E-state index is -3.65. The van der Waals surface area contributed by atoms with Crippen LogP contribution in [0.4, 0.5) is 5.69 Å². The average Bonchev–Trinajstić information content (AvgIpc) is 2.39. The average molecular weight is 330 g/mol. The number of hydrogen-bond acceptors (Lipinski definition) is 2. The van der Waals surface area contributed by atoms with Gasteiger partial charge in [-0.2, -0.15) is 0 Å². The summed E-state index contributed by atoms with van der Waals surface area (Å²) < 4.78 is 27.1. The van der Waals surface area contributed by atoms with Crippen LogP contribution in [0.2, 0.25) is 5.02 Å². The Balaban J connectivity index is 2.37. The first kappa shape index (κ1) is 15.2. The van der Waals surface area contributed by atoms with E-state index in [4.69, 9.17) is 23.2 Å². The van der Waals surface area contributed by atoms with Crippen LogP contribution in [0.3, 0.4) is 0 Å². The van der Waals surface area contributed by atoms with E-state index < -0.39 is 10.0 Å². The number of sulfonamides is 1. The molecule has 0 unspecified atom stereocenters. The van der Waals surface area contributed by atoms with E-state index in [0.717, 1.165) is 5.56 Å². The maximum atomic E-state index is 12.3. The first-order chi connectivity index (χ1) is 9.42. The highest BCUT2D eigenvalue weighted by Crippen LogP contribution is 2.25. The SMILES string of the molecule is Cc1ccc(S(=O)(=O)Nc2cc(Cl)ccc2CCl)cc1. The zero-order chi connectivity index (χ0) is 14.8. The summed E-state index contributed by atoms with van der Waals surface area (Å²) in [6, 6.07) is 11.5. The minimum Gasteiger partial charge on any atom is -0.279 e. The van der Waals surface area contributed by atoms with E-state index in [0.29, 0.717) is 16.3 Å². The van der Waals surface area contributed by atoms with Gasteiger partial charge in [-0.1, -0.05) is 35.4 Å². The Morgan fingerprint density at radius 1 is 1.10 bits per heavy atom. The number of benzene rings is 2. The van der Waals surface area contributed by atoms with Crippen molar-refractivity contribution in [3.63, 3.8) is 0 Å². The van der Waals surface area contributed by atoms with Gasteiger partial charge in [0.1, 0.15) is 0 Å². The third-order valence-electron chi connectivity index (χ3n) is 2.79. The molecule has 0 aliphatic carbocycles. The van der Waals surface area contributed by atoms with Crippen molar-refractivity contribution in [2.75, 3.05) is 4.72 Å². The fourth-order valence-electron chi connectivity index (χ4n) is 1.68. The molecular weight excluding hydrogens is 317 g/mol. The Bertz CT molecular complexity index is 712. The lowest BCUT2D eigenvalue weighted by Gasteiger charge is -2.12. The Morgan fingerprint density at radius 2 is 1.75 bits per heavy atom. The summed E-state index contributed by atoms with van der Waals surface area (Å²) in [7, 11) is -3.65. The van der Waals surface area contributed by atoms with E-state index in [-0.39, 0.29) is 10.8 Å². The zero-order valence-electron chi connectivity index (χ0n) is 10.7. The molecule has 0 amide bonds. The van der Waals surface area contributed by atoms with Crippen LogP contribution in [0.25, 0.3) is 0 Å². The summed E-state index contributed by atoms with van der Waals surface area (Å²) in [4.78, 5) is 0.198. The lowest BCUT2D eigenvalue weighted by atomic mass is 10.2. The van der Waals surface area contributed by atoms with Crippen LogP contribution >= 0.6 is 23.2 Å². The number of hydrogen-bond donors (Lipinski definition) is 1. The number of halogens is 2. The topological polar surface area (TPSA) is 46.2 Å². The summed E-state index contributed by atoms with van der Waals surface area (Å²) in [5.74, 6) is 0.197. The largest absolute Gasteiger partial charge is 0.279 e. The van der Waals surface area contributed by atoms with E-state index in [1.807, 2.05) is 6.92 Å². The van der Waals surface area contributed by atoms with Gasteiger partial charge in [-0.15, -0.1) is 11.6 Å². The van der Waals surface area contributed by atoms with E-state index in [1.165, 1.54) is 0 Å². The predicted molar refractivity (Wildman–Crippen MR) is 83.0 cm³/mol. The van der Waals surface area contributed by atoms with Crippen molar-refractivity contribution in [1.29, 1.82) is 0 Å². The van der Waals surface area contributed by atoms with E-state index in [2.05, 4.69) is 4.72 Å². The fraction of sp³-hybridized carbons (Fsp3) is 0.143. The Labute approximate surface area is 128 Å². The summed E-state index contributed by atoms with van der Waals surface area (Å²) in [5.41, 5.74) is 2.06. The molecule has 106 valence electrons. The number of anilines is 1. The van der Waals surface area contributed by atoms with Gasteiger partial charge in [0.05, 0.1) is 10.6 Å². The molecule has 20 heavy (non-hydrogen) atoms. The van der Waals surface area contributed by atoms with Gasteiger partial charge < -0.3 is 0 Å². The molecule has 2 rings (SSSR count). The van der Waals surface area contributed by atoms with Gasteiger partial charge in [-0.05, 0) is 36.8 Å². The van der Waals surface area contributed by atoms with E-state index in [9.17, 15) is 8.42 Å². The smallest absolute Gasteiger partial charge is 0.261 e. The molecule has 0 saturated carbocycles. The Kier molecular flexibility index (Phi) is 4.58. The van der Waals surface area contributed by atoms with Gasteiger partial charge >= 0.3 is 0 Å². The maximum absolute atomic E-state index is 12.3. The number of rotatable bonds is 4. The molecule has 0 saturated heterocycles. The summed E-state index contributed by atoms with van der Waals surface area (Å²) >= 11 is 11.7. The van der Waals surface area contributed by atoms with Crippen molar-refractivity contribution >= 4 is 38.9 Å². The second-order valence-electron chi connectivity index (χ2n) is 4.35. The standard InChI is InChI=1S/C14H13Cl2NO2S/c1-10-2-6-13(7-3-10)20(18,19)17-14-8-12(16)5-4-11(14)9-15/h2-8,17H,9H2,1H3. The molecule has 0 aliphatic rings. The Hall–Kier alpha value is -1.23. The molecule has 2 aromatic carbocycles. The molecule has 0 atom stereocenters. The van der Waals surface area contributed by atoms with Crippen LogP contribution in [0, 0.1) is 6.92 Å². The van der Waals surface area contributed by atoms with Crippen molar-refractivity contribution in [2.45, 2.75) is 17.7 Å². The third kappa shape index (κ3) is 3.45. The van der Waals surface area contributed by atoms with Crippen molar-refractivity contribution in [3.8, 4) is 0 Å². The quantitative estimate of drug-likeness (QED) is 0.855. The molecule has 6 heteroatoms.